The van der Waals surface area contributed by atoms with Gasteiger partial charge in [0, 0.05) is 13.0 Å². The Morgan fingerprint density at radius 1 is 1.00 bits per heavy atom. The van der Waals surface area contributed by atoms with Crippen LogP contribution >= 0.6 is 0 Å². The van der Waals surface area contributed by atoms with E-state index < -0.39 is 0 Å². The molecule has 0 spiro atoms. The normalized spacial score (nSPS) is 36.6. The summed E-state index contributed by atoms with van der Waals surface area (Å²) in [5.74, 6) is 0.872. The summed E-state index contributed by atoms with van der Waals surface area (Å²) < 4.78 is 11.5. The largest absolute Gasteiger partial charge is 0.353 e. The molecular formula is C14H26O2. The Balaban J connectivity index is 1.72. The van der Waals surface area contributed by atoms with Crippen molar-refractivity contribution < 1.29 is 9.47 Å². The molecule has 0 aromatic heterocycles. The monoisotopic (exact) mass is 226 g/mol. The maximum absolute atomic E-state index is 5.99. The number of hydrogen-bond acceptors (Lipinski definition) is 2. The van der Waals surface area contributed by atoms with Gasteiger partial charge in [-0.1, -0.05) is 20.8 Å². The first-order chi connectivity index (χ1) is 7.55. The summed E-state index contributed by atoms with van der Waals surface area (Å²) >= 11 is 0. The Kier molecular flexibility index (Phi) is 3.91. The summed E-state index contributed by atoms with van der Waals surface area (Å²) in [5.41, 5.74) is 0.467. The third-order valence-electron chi connectivity index (χ3n) is 4.13. The average Bonchev–Trinajstić information content (AvgIpc) is 2.70. The fraction of sp³-hybridized carbons (Fsp3) is 1.00. The molecule has 16 heavy (non-hydrogen) atoms. The lowest BCUT2D eigenvalue weighted by Gasteiger charge is -2.37. The second-order valence-corrected chi connectivity index (χ2v) is 6.42. The minimum Gasteiger partial charge on any atom is -0.353 e. The summed E-state index contributed by atoms with van der Waals surface area (Å²) in [5, 5.41) is 0. The molecule has 1 atom stereocenters. The van der Waals surface area contributed by atoms with Crippen LogP contribution in [0.5, 0.6) is 0 Å². The first-order valence-corrected chi connectivity index (χ1v) is 6.83. The van der Waals surface area contributed by atoms with Crippen molar-refractivity contribution in [2.24, 2.45) is 11.3 Å². The van der Waals surface area contributed by atoms with E-state index in [1.807, 2.05) is 0 Å². The van der Waals surface area contributed by atoms with E-state index in [0.717, 1.165) is 18.9 Å². The first kappa shape index (κ1) is 12.4. The SMILES string of the molecule is CC(C)(C)C1CCC(OC2CCCO2)CC1. The zero-order valence-electron chi connectivity index (χ0n) is 11.0. The van der Waals surface area contributed by atoms with Crippen LogP contribution in [0.4, 0.5) is 0 Å². The maximum atomic E-state index is 5.99. The van der Waals surface area contributed by atoms with Crippen molar-refractivity contribution in [1.82, 2.24) is 0 Å². The molecule has 1 saturated carbocycles. The molecule has 0 bridgehead atoms. The molecule has 94 valence electrons. The highest BCUT2D eigenvalue weighted by atomic mass is 16.7. The molecule has 1 unspecified atom stereocenters. The van der Waals surface area contributed by atoms with Gasteiger partial charge in [-0.3, -0.25) is 0 Å². The highest BCUT2D eigenvalue weighted by molar-refractivity contribution is 4.81. The smallest absolute Gasteiger partial charge is 0.158 e. The Bertz CT molecular complexity index is 205. The molecule has 0 radical (unpaired) electrons. The second kappa shape index (κ2) is 5.05. The molecule has 0 aromatic rings. The molecule has 1 aliphatic carbocycles. The predicted octanol–water partition coefficient (Wildman–Crippen LogP) is 3.74. The molecule has 0 amide bonds. The topological polar surface area (TPSA) is 18.5 Å². The fourth-order valence-corrected chi connectivity index (χ4v) is 2.94. The van der Waals surface area contributed by atoms with Crippen LogP contribution in [0.2, 0.25) is 0 Å². The fourth-order valence-electron chi connectivity index (χ4n) is 2.94. The molecule has 1 aliphatic heterocycles. The van der Waals surface area contributed by atoms with E-state index in [9.17, 15) is 0 Å². The zero-order valence-corrected chi connectivity index (χ0v) is 11.0. The Hall–Kier alpha value is -0.0800. The van der Waals surface area contributed by atoms with Crippen LogP contribution in [-0.4, -0.2) is 19.0 Å². The molecule has 0 aromatic carbocycles. The highest BCUT2D eigenvalue weighted by Crippen LogP contribution is 2.39. The summed E-state index contributed by atoms with van der Waals surface area (Å²) in [4.78, 5) is 0. The molecule has 2 nitrogen and oxygen atoms in total. The standard InChI is InChI=1S/C14H26O2/c1-14(2,3)11-6-8-12(9-7-11)16-13-5-4-10-15-13/h11-13H,4-10H2,1-3H3. The minimum absolute atomic E-state index is 0.108. The molecule has 2 aliphatic rings. The van der Waals surface area contributed by atoms with Crippen molar-refractivity contribution in [2.75, 3.05) is 6.61 Å². The van der Waals surface area contributed by atoms with Gasteiger partial charge in [0.05, 0.1) is 6.10 Å². The van der Waals surface area contributed by atoms with Crippen molar-refractivity contribution in [1.29, 1.82) is 0 Å². The van der Waals surface area contributed by atoms with Crippen LogP contribution in [0.3, 0.4) is 0 Å². The van der Waals surface area contributed by atoms with Crippen LogP contribution in [0.15, 0.2) is 0 Å². The Morgan fingerprint density at radius 2 is 1.69 bits per heavy atom. The van der Waals surface area contributed by atoms with Crippen LogP contribution in [0.25, 0.3) is 0 Å². The molecule has 2 fully saturated rings. The van der Waals surface area contributed by atoms with Crippen LogP contribution in [0, 0.1) is 11.3 Å². The lowest BCUT2D eigenvalue weighted by molar-refractivity contribution is -0.155. The molecule has 2 heteroatoms. The molecular weight excluding hydrogens is 200 g/mol. The van der Waals surface area contributed by atoms with Gasteiger partial charge >= 0.3 is 0 Å². The van der Waals surface area contributed by atoms with Crippen molar-refractivity contribution in [3.8, 4) is 0 Å². The van der Waals surface area contributed by atoms with E-state index in [-0.39, 0.29) is 6.29 Å². The lowest BCUT2D eigenvalue weighted by Crippen LogP contribution is -2.31. The second-order valence-electron chi connectivity index (χ2n) is 6.42. The molecule has 1 heterocycles. The van der Waals surface area contributed by atoms with Crippen molar-refractivity contribution >= 4 is 0 Å². The van der Waals surface area contributed by atoms with Crippen molar-refractivity contribution in [3.05, 3.63) is 0 Å². The van der Waals surface area contributed by atoms with E-state index in [2.05, 4.69) is 20.8 Å². The quantitative estimate of drug-likeness (QED) is 0.714. The first-order valence-electron chi connectivity index (χ1n) is 6.83. The van der Waals surface area contributed by atoms with E-state index in [4.69, 9.17) is 9.47 Å². The molecule has 2 rings (SSSR count). The lowest BCUT2D eigenvalue weighted by atomic mass is 9.72. The summed E-state index contributed by atoms with van der Waals surface area (Å²) in [6.45, 7) is 7.97. The van der Waals surface area contributed by atoms with Crippen molar-refractivity contribution in [3.63, 3.8) is 0 Å². The summed E-state index contributed by atoms with van der Waals surface area (Å²) in [6, 6.07) is 0. The van der Waals surface area contributed by atoms with E-state index >= 15 is 0 Å². The van der Waals surface area contributed by atoms with Gasteiger partial charge in [-0.2, -0.15) is 0 Å². The molecule has 0 N–H and O–H groups in total. The number of hydrogen-bond donors (Lipinski definition) is 0. The van der Waals surface area contributed by atoms with E-state index in [1.54, 1.807) is 0 Å². The van der Waals surface area contributed by atoms with Crippen LogP contribution in [0.1, 0.15) is 59.3 Å². The molecule has 1 saturated heterocycles. The Labute approximate surface area is 99.7 Å². The summed E-state index contributed by atoms with van der Waals surface area (Å²) in [7, 11) is 0. The summed E-state index contributed by atoms with van der Waals surface area (Å²) in [6.07, 6.45) is 7.92. The van der Waals surface area contributed by atoms with Gasteiger partial charge in [0.2, 0.25) is 0 Å². The number of rotatable bonds is 2. The average molecular weight is 226 g/mol. The van der Waals surface area contributed by atoms with E-state index in [1.165, 1.54) is 32.1 Å². The van der Waals surface area contributed by atoms with Crippen molar-refractivity contribution in [2.45, 2.75) is 71.7 Å². The van der Waals surface area contributed by atoms with Gasteiger partial charge in [0.1, 0.15) is 0 Å². The predicted molar refractivity (Wildman–Crippen MR) is 65.3 cm³/mol. The maximum Gasteiger partial charge on any atom is 0.158 e. The van der Waals surface area contributed by atoms with Gasteiger partial charge in [-0.05, 0) is 43.4 Å². The third-order valence-corrected chi connectivity index (χ3v) is 4.13. The van der Waals surface area contributed by atoms with Gasteiger partial charge < -0.3 is 9.47 Å². The van der Waals surface area contributed by atoms with Gasteiger partial charge in [-0.15, -0.1) is 0 Å². The minimum atomic E-state index is 0.108. The number of ether oxygens (including phenoxy) is 2. The highest BCUT2D eigenvalue weighted by Gasteiger charge is 2.31. The van der Waals surface area contributed by atoms with Gasteiger partial charge in [0.15, 0.2) is 6.29 Å². The third kappa shape index (κ3) is 3.21. The van der Waals surface area contributed by atoms with Crippen LogP contribution in [-0.2, 0) is 9.47 Å². The Morgan fingerprint density at radius 3 is 2.19 bits per heavy atom. The zero-order chi connectivity index (χ0) is 11.6. The van der Waals surface area contributed by atoms with Crippen LogP contribution < -0.4 is 0 Å². The van der Waals surface area contributed by atoms with E-state index in [0.29, 0.717) is 11.5 Å². The van der Waals surface area contributed by atoms with Gasteiger partial charge in [-0.25, -0.2) is 0 Å². The van der Waals surface area contributed by atoms with Gasteiger partial charge in [0.25, 0.3) is 0 Å².